The Kier molecular flexibility index (Phi) is 2.44. The largest absolute Gasteiger partial charge is 0.0654 e. The molecule has 82 valence electrons. The molecule has 0 radical (unpaired) electrons. The van der Waals surface area contributed by atoms with Gasteiger partial charge in [0.25, 0.3) is 0 Å². The van der Waals surface area contributed by atoms with E-state index in [2.05, 4.69) is 27.7 Å². The van der Waals surface area contributed by atoms with Gasteiger partial charge in [0.05, 0.1) is 0 Å². The van der Waals surface area contributed by atoms with Crippen LogP contribution >= 0.6 is 0 Å². The minimum atomic E-state index is 0.765. The molecule has 2 aliphatic carbocycles. The van der Waals surface area contributed by atoms with Crippen molar-refractivity contribution < 1.29 is 0 Å². The SMILES string of the molecule is CCCCCC12C(CC)C1C2(C)CC. The molecule has 0 amide bonds. The zero-order valence-corrected chi connectivity index (χ0v) is 10.4. The number of unbranched alkanes of at least 4 members (excludes halogenated alkanes) is 2. The molecule has 14 heavy (non-hydrogen) atoms. The Labute approximate surface area is 89.5 Å². The summed E-state index contributed by atoms with van der Waals surface area (Å²) in [4.78, 5) is 0. The second-order valence-electron chi connectivity index (χ2n) is 5.76. The van der Waals surface area contributed by atoms with Crippen LogP contribution in [-0.4, -0.2) is 0 Å². The molecular weight excluding hydrogens is 168 g/mol. The zero-order valence-electron chi connectivity index (χ0n) is 10.4. The molecule has 0 bridgehead atoms. The van der Waals surface area contributed by atoms with Gasteiger partial charge in [-0.3, -0.25) is 0 Å². The molecular formula is C14H26. The molecule has 4 atom stereocenters. The van der Waals surface area contributed by atoms with Crippen molar-refractivity contribution in [1.82, 2.24) is 0 Å². The maximum atomic E-state index is 2.54. The van der Waals surface area contributed by atoms with Gasteiger partial charge in [-0.05, 0) is 35.5 Å². The normalized spacial score (nSPS) is 48.9. The molecule has 0 spiro atoms. The average molecular weight is 194 g/mol. The highest BCUT2D eigenvalue weighted by Crippen LogP contribution is 2.94. The van der Waals surface area contributed by atoms with Crippen LogP contribution in [0.2, 0.25) is 0 Å². The smallest absolute Gasteiger partial charge is 0.0173 e. The first kappa shape index (κ1) is 10.5. The second kappa shape index (κ2) is 3.25. The van der Waals surface area contributed by atoms with Gasteiger partial charge in [0, 0.05) is 0 Å². The van der Waals surface area contributed by atoms with Crippen LogP contribution in [0.25, 0.3) is 0 Å². The summed E-state index contributed by atoms with van der Waals surface area (Å²) in [5, 5.41) is 0. The quantitative estimate of drug-likeness (QED) is 0.540. The van der Waals surface area contributed by atoms with Crippen LogP contribution in [0.15, 0.2) is 0 Å². The summed E-state index contributed by atoms with van der Waals surface area (Å²) in [5.41, 5.74) is 1.60. The van der Waals surface area contributed by atoms with E-state index in [1.807, 2.05) is 0 Å². The maximum Gasteiger partial charge on any atom is -0.0173 e. The number of hydrogen-bond acceptors (Lipinski definition) is 0. The van der Waals surface area contributed by atoms with Crippen LogP contribution in [0.4, 0.5) is 0 Å². The van der Waals surface area contributed by atoms with Gasteiger partial charge < -0.3 is 0 Å². The fraction of sp³-hybridized carbons (Fsp3) is 1.00. The fourth-order valence-corrected chi connectivity index (χ4v) is 4.56. The summed E-state index contributed by atoms with van der Waals surface area (Å²) >= 11 is 0. The van der Waals surface area contributed by atoms with Crippen molar-refractivity contribution in [1.29, 1.82) is 0 Å². The Morgan fingerprint density at radius 2 is 1.79 bits per heavy atom. The van der Waals surface area contributed by atoms with Crippen molar-refractivity contribution in [3.63, 3.8) is 0 Å². The summed E-state index contributed by atoms with van der Waals surface area (Å²) in [5.74, 6) is 2.24. The monoisotopic (exact) mass is 194 g/mol. The average Bonchev–Trinajstić information content (AvgIpc) is 3.02. The Balaban J connectivity index is 1.88. The van der Waals surface area contributed by atoms with Gasteiger partial charge >= 0.3 is 0 Å². The summed E-state index contributed by atoms with van der Waals surface area (Å²) in [6.45, 7) is 9.62. The molecule has 0 aliphatic heterocycles. The number of rotatable bonds is 6. The molecule has 2 rings (SSSR count). The molecule has 0 aromatic carbocycles. The highest BCUT2D eigenvalue weighted by molar-refractivity contribution is 5.36. The summed E-state index contributed by atoms with van der Waals surface area (Å²) < 4.78 is 0. The van der Waals surface area contributed by atoms with E-state index in [0.717, 1.165) is 22.7 Å². The van der Waals surface area contributed by atoms with Crippen LogP contribution in [0, 0.1) is 22.7 Å². The molecule has 0 N–H and O–H groups in total. The lowest BCUT2D eigenvalue weighted by atomic mass is 9.78. The third-order valence-electron chi connectivity index (χ3n) is 5.54. The predicted molar refractivity (Wildman–Crippen MR) is 62.2 cm³/mol. The molecule has 4 unspecified atom stereocenters. The van der Waals surface area contributed by atoms with Crippen LogP contribution in [0.3, 0.4) is 0 Å². The molecule has 0 aromatic heterocycles. The third kappa shape index (κ3) is 1.01. The van der Waals surface area contributed by atoms with Crippen molar-refractivity contribution in [2.24, 2.45) is 22.7 Å². The summed E-state index contributed by atoms with van der Waals surface area (Å²) in [6, 6.07) is 0. The Bertz CT molecular complexity index is 220. The van der Waals surface area contributed by atoms with E-state index >= 15 is 0 Å². The van der Waals surface area contributed by atoms with Crippen LogP contribution in [0.1, 0.15) is 66.2 Å². The lowest BCUT2D eigenvalue weighted by Gasteiger charge is -2.27. The topological polar surface area (TPSA) is 0 Å². The predicted octanol–water partition coefficient (Wildman–Crippen LogP) is 4.64. The first-order chi connectivity index (χ1) is 6.69. The molecule has 0 saturated heterocycles. The van der Waals surface area contributed by atoms with Crippen molar-refractivity contribution in [2.45, 2.75) is 66.2 Å². The Morgan fingerprint density at radius 3 is 2.29 bits per heavy atom. The Hall–Kier alpha value is 0. The van der Waals surface area contributed by atoms with E-state index < -0.39 is 0 Å². The lowest BCUT2D eigenvalue weighted by Crippen LogP contribution is -2.19. The van der Waals surface area contributed by atoms with Gasteiger partial charge in [-0.1, -0.05) is 53.4 Å². The van der Waals surface area contributed by atoms with Crippen LogP contribution in [0.5, 0.6) is 0 Å². The van der Waals surface area contributed by atoms with Crippen LogP contribution < -0.4 is 0 Å². The molecule has 2 saturated carbocycles. The maximum absolute atomic E-state index is 2.54. The lowest BCUT2D eigenvalue weighted by molar-refractivity contribution is 0.222. The molecule has 0 aromatic rings. The molecule has 2 fully saturated rings. The minimum Gasteiger partial charge on any atom is -0.0654 e. The van der Waals surface area contributed by atoms with Gasteiger partial charge in [0.1, 0.15) is 0 Å². The summed E-state index contributed by atoms with van der Waals surface area (Å²) in [6.07, 6.45) is 8.70. The van der Waals surface area contributed by atoms with Crippen molar-refractivity contribution >= 4 is 0 Å². The van der Waals surface area contributed by atoms with E-state index in [9.17, 15) is 0 Å². The molecule has 0 nitrogen and oxygen atoms in total. The second-order valence-corrected chi connectivity index (χ2v) is 5.76. The number of hydrogen-bond donors (Lipinski definition) is 0. The van der Waals surface area contributed by atoms with Gasteiger partial charge in [-0.2, -0.15) is 0 Å². The zero-order chi connectivity index (χ0) is 10.4. The van der Waals surface area contributed by atoms with E-state index in [4.69, 9.17) is 0 Å². The van der Waals surface area contributed by atoms with Gasteiger partial charge in [-0.25, -0.2) is 0 Å². The van der Waals surface area contributed by atoms with Crippen molar-refractivity contribution in [3.05, 3.63) is 0 Å². The van der Waals surface area contributed by atoms with Gasteiger partial charge in [-0.15, -0.1) is 0 Å². The van der Waals surface area contributed by atoms with Crippen LogP contribution in [-0.2, 0) is 0 Å². The standard InChI is InChI=1S/C14H26/c1-5-8-9-10-14-11(6-2)12(14)13(14,4)7-3/h11-12H,5-10H2,1-4H3. The first-order valence-corrected chi connectivity index (χ1v) is 6.69. The molecule has 2 aliphatic rings. The highest BCUT2D eigenvalue weighted by Gasteiger charge is 2.89. The van der Waals surface area contributed by atoms with Crippen molar-refractivity contribution in [3.8, 4) is 0 Å². The van der Waals surface area contributed by atoms with Gasteiger partial charge in [0.15, 0.2) is 0 Å². The molecule has 0 heterocycles. The van der Waals surface area contributed by atoms with E-state index in [1.165, 1.54) is 38.5 Å². The van der Waals surface area contributed by atoms with E-state index in [0.29, 0.717) is 0 Å². The van der Waals surface area contributed by atoms with Gasteiger partial charge in [0.2, 0.25) is 0 Å². The number of fused-ring (bicyclic) bond motifs is 1. The highest BCUT2D eigenvalue weighted by atomic mass is 14.9. The fourth-order valence-electron chi connectivity index (χ4n) is 4.56. The summed E-state index contributed by atoms with van der Waals surface area (Å²) in [7, 11) is 0. The third-order valence-corrected chi connectivity index (χ3v) is 5.54. The van der Waals surface area contributed by atoms with Crippen molar-refractivity contribution in [2.75, 3.05) is 0 Å². The Morgan fingerprint density at radius 1 is 1.07 bits per heavy atom. The minimum absolute atomic E-state index is 0.765. The van der Waals surface area contributed by atoms with E-state index in [-0.39, 0.29) is 0 Å². The van der Waals surface area contributed by atoms with E-state index in [1.54, 1.807) is 0 Å². The molecule has 0 heteroatoms. The first-order valence-electron chi connectivity index (χ1n) is 6.69.